The summed E-state index contributed by atoms with van der Waals surface area (Å²) in [6, 6.07) is 6.44. The minimum atomic E-state index is 0.722. The third kappa shape index (κ3) is 2.91. The van der Waals surface area contributed by atoms with Crippen LogP contribution in [0, 0.1) is 0 Å². The zero-order chi connectivity index (χ0) is 10.7. The van der Waals surface area contributed by atoms with Gasteiger partial charge < -0.3 is 4.74 Å². The van der Waals surface area contributed by atoms with Crippen LogP contribution in [0.3, 0.4) is 0 Å². The van der Waals surface area contributed by atoms with Crippen LogP contribution in [0.5, 0.6) is 0 Å². The maximum atomic E-state index is 5.37. The normalized spacial score (nSPS) is 10.8. The molecule has 1 nitrogen and oxygen atoms in total. The number of ether oxygens (including phenoxy) is 1. The van der Waals surface area contributed by atoms with Crippen LogP contribution in [0.2, 0.25) is 0 Å². The zero-order valence-corrected chi connectivity index (χ0v) is 11.5. The van der Waals surface area contributed by atoms with Crippen molar-refractivity contribution in [3.05, 3.63) is 32.9 Å². The van der Waals surface area contributed by atoms with Crippen LogP contribution in [0.1, 0.15) is 12.5 Å². The summed E-state index contributed by atoms with van der Waals surface area (Å²) in [6.45, 7) is 3.51. The van der Waals surface area contributed by atoms with Crippen molar-refractivity contribution in [2.75, 3.05) is 6.61 Å². The summed E-state index contributed by atoms with van der Waals surface area (Å²) in [4.78, 5) is 2.63. The molecule has 0 aliphatic heterocycles. The van der Waals surface area contributed by atoms with Crippen LogP contribution in [0.15, 0.2) is 27.4 Å². The van der Waals surface area contributed by atoms with E-state index in [1.807, 2.05) is 6.92 Å². The van der Waals surface area contributed by atoms with Gasteiger partial charge >= 0.3 is 0 Å². The van der Waals surface area contributed by atoms with Gasteiger partial charge in [-0.3, -0.25) is 0 Å². The molecule has 0 bridgehead atoms. The fraction of sp³-hybridized carbons (Fsp3) is 0.273. The van der Waals surface area contributed by atoms with Gasteiger partial charge in [0.2, 0.25) is 0 Å². The highest BCUT2D eigenvalue weighted by atomic mass is 79.9. The number of thiophene rings is 2. The van der Waals surface area contributed by atoms with Crippen molar-refractivity contribution in [2.24, 2.45) is 0 Å². The molecule has 2 aromatic heterocycles. The molecule has 0 aromatic carbocycles. The Balaban J connectivity index is 2.13. The first-order chi connectivity index (χ1) is 7.29. The summed E-state index contributed by atoms with van der Waals surface area (Å²) in [7, 11) is 0. The molecule has 0 N–H and O–H groups in total. The van der Waals surface area contributed by atoms with Crippen LogP contribution >= 0.6 is 38.6 Å². The largest absolute Gasteiger partial charge is 0.377 e. The maximum Gasteiger partial charge on any atom is 0.0724 e. The summed E-state index contributed by atoms with van der Waals surface area (Å²) in [5.74, 6) is 0. The smallest absolute Gasteiger partial charge is 0.0724 e. The second-order valence-corrected chi connectivity index (χ2v) is 6.43. The van der Waals surface area contributed by atoms with E-state index in [1.54, 1.807) is 22.7 Å². The summed E-state index contributed by atoms with van der Waals surface area (Å²) in [5.41, 5.74) is 1.27. The molecule has 0 aliphatic rings. The van der Waals surface area contributed by atoms with Gasteiger partial charge in [-0.15, -0.1) is 22.7 Å². The molecule has 80 valence electrons. The predicted molar refractivity (Wildman–Crippen MR) is 70.7 cm³/mol. The van der Waals surface area contributed by atoms with Gasteiger partial charge in [0.15, 0.2) is 0 Å². The summed E-state index contributed by atoms with van der Waals surface area (Å²) >= 11 is 7.02. The molecular weight excluding hydrogens is 292 g/mol. The van der Waals surface area contributed by atoms with E-state index in [1.165, 1.54) is 19.1 Å². The summed E-state index contributed by atoms with van der Waals surface area (Å²) < 4.78 is 6.55. The Hall–Kier alpha value is -0.160. The van der Waals surface area contributed by atoms with Crippen LogP contribution in [0.4, 0.5) is 0 Å². The topological polar surface area (TPSA) is 9.23 Å². The molecule has 0 fully saturated rings. The van der Waals surface area contributed by atoms with Gasteiger partial charge in [-0.1, -0.05) is 0 Å². The Kier molecular flexibility index (Phi) is 3.97. The van der Waals surface area contributed by atoms with Gasteiger partial charge in [-0.05, 0) is 52.0 Å². The maximum absolute atomic E-state index is 5.37. The third-order valence-electron chi connectivity index (χ3n) is 1.94. The lowest BCUT2D eigenvalue weighted by atomic mass is 10.3. The fourth-order valence-electron chi connectivity index (χ4n) is 1.25. The molecule has 0 saturated heterocycles. The van der Waals surface area contributed by atoms with E-state index >= 15 is 0 Å². The molecule has 4 heteroatoms. The number of hydrogen-bond donors (Lipinski definition) is 0. The second-order valence-electron chi connectivity index (χ2n) is 3.06. The van der Waals surface area contributed by atoms with Crippen molar-refractivity contribution in [2.45, 2.75) is 13.5 Å². The van der Waals surface area contributed by atoms with Crippen LogP contribution < -0.4 is 0 Å². The Morgan fingerprint density at radius 1 is 1.33 bits per heavy atom. The van der Waals surface area contributed by atoms with Gasteiger partial charge in [-0.2, -0.15) is 0 Å². The highest BCUT2D eigenvalue weighted by Gasteiger charge is 2.05. The number of hydrogen-bond acceptors (Lipinski definition) is 3. The van der Waals surface area contributed by atoms with E-state index in [2.05, 4.69) is 39.5 Å². The van der Waals surface area contributed by atoms with E-state index in [9.17, 15) is 0 Å². The standard InChI is InChI=1S/C11H11BrOS2/c1-2-13-6-8-5-10(14-7-8)9-3-4-11(12)15-9/h3-5,7H,2,6H2,1H3. The third-order valence-corrected chi connectivity index (χ3v) is 4.74. The Morgan fingerprint density at radius 2 is 2.20 bits per heavy atom. The van der Waals surface area contributed by atoms with Gasteiger partial charge in [0, 0.05) is 16.4 Å². The molecule has 2 heterocycles. The summed E-state index contributed by atoms with van der Waals surface area (Å²) in [6.07, 6.45) is 0. The number of rotatable bonds is 4. The van der Waals surface area contributed by atoms with Crippen molar-refractivity contribution in [1.82, 2.24) is 0 Å². The molecular formula is C11H11BrOS2. The van der Waals surface area contributed by atoms with Crippen molar-refractivity contribution < 1.29 is 4.74 Å². The van der Waals surface area contributed by atoms with E-state index in [-0.39, 0.29) is 0 Å². The molecule has 0 atom stereocenters. The van der Waals surface area contributed by atoms with E-state index < -0.39 is 0 Å². The van der Waals surface area contributed by atoms with Crippen molar-refractivity contribution in [1.29, 1.82) is 0 Å². The van der Waals surface area contributed by atoms with E-state index in [4.69, 9.17) is 4.74 Å². The minimum absolute atomic E-state index is 0.722. The summed E-state index contributed by atoms with van der Waals surface area (Å²) in [5, 5.41) is 2.17. The Bertz CT molecular complexity index is 433. The predicted octanol–water partition coefficient (Wildman–Crippen LogP) is 4.78. The number of halogens is 1. The molecule has 15 heavy (non-hydrogen) atoms. The van der Waals surface area contributed by atoms with Crippen LogP contribution in [-0.4, -0.2) is 6.61 Å². The van der Waals surface area contributed by atoms with Crippen molar-refractivity contribution in [3.8, 4) is 9.75 Å². The van der Waals surface area contributed by atoms with Crippen molar-refractivity contribution >= 4 is 38.6 Å². The highest BCUT2D eigenvalue weighted by Crippen LogP contribution is 2.35. The van der Waals surface area contributed by atoms with Crippen LogP contribution in [-0.2, 0) is 11.3 Å². The fourth-order valence-corrected chi connectivity index (χ4v) is 3.63. The first-order valence-corrected chi connectivity index (χ1v) is 7.19. The van der Waals surface area contributed by atoms with Gasteiger partial charge in [-0.25, -0.2) is 0 Å². The van der Waals surface area contributed by atoms with E-state index in [0.717, 1.165) is 13.2 Å². The van der Waals surface area contributed by atoms with E-state index in [0.29, 0.717) is 0 Å². The van der Waals surface area contributed by atoms with Crippen LogP contribution in [0.25, 0.3) is 9.75 Å². The quantitative estimate of drug-likeness (QED) is 0.790. The van der Waals surface area contributed by atoms with Crippen molar-refractivity contribution in [3.63, 3.8) is 0 Å². The minimum Gasteiger partial charge on any atom is -0.377 e. The average molecular weight is 303 g/mol. The lowest BCUT2D eigenvalue weighted by Gasteiger charge is -1.95. The molecule has 0 unspecified atom stereocenters. The first kappa shape index (κ1) is 11.3. The Morgan fingerprint density at radius 3 is 2.87 bits per heavy atom. The van der Waals surface area contributed by atoms with Gasteiger partial charge in [0.05, 0.1) is 10.4 Å². The molecule has 0 radical (unpaired) electrons. The van der Waals surface area contributed by atoms with Gasteiger partial charge in [0.25, 0.3) is 0 Å². The molecule has 0 spiro atoms. The lowest BCUT2D eigenvalue weighted by molar-refractivity contribution is 0.134. The highest BCUT2D eigenvalue weighted by molar-refractivity contribution is 9.11. The average Bonchev–Trinajstić information content (AvgIpc) is 2.83. The first-order valence-electron chi connectivity index (χ1n) is 4.70. The SMILES string of the molecule is CCOCc1csc(-c2ccc(Br)s2)c1. The monoisotopic (exact) mass is 302 g/mol. The molecule has 0 aliphatic carbocycles. The molecule has 0 saturated carbocycles. The van der Waals surface area contributed by atoms with Gasteiger partial charge in [0.1, 0.15) is 0 Å². The molecule has 0 amide bonds. The molecule has 2 rings (SSSR count). The zero-order valence-electron chi connectivity index (χ0n) is 8.33. The second kappa shape index (κ2) is 5.25. The lowest BCUT2D eigenvalue weighted by Crippen LogP contribution is -1.88. The molecule has 2 aromatic rings. The Labute approximate surface area is 106 Å².